The van der Waals surface area contributed by atoms with Crippen molar-refractivity contribution in [2.75, 3.05) is 5.32 Å². The molecule has 0 radical (unpaired) electrons. The van der Waals surface area contributed by atoms with E-state index in [-0.39, 0.29) is 7.43 Å². The summed E-state index contributed by atoms with van der Waals surface area (Å²) in [6.45, 7) is 11.7. The second kappa shape index (κ2) is 14.6. The summed E-state index contributed by atoms with van der Waals surface area (Å²) >= 11 is 0. The second-order valence-electron chi connectivity index (χ2n) is 11.2. The van der Waals surface area contributed by atoms with Crippen molar-refractivity contribution in [3.8, 4) is 0 Å². The normalized spacial score (nSPS) is 23.2. The Morgan fingerprint density at radius 1 is 0.824 bits per heavy atom. The van der Waals surface area contributed by atoms with Crippen molar-refractivity contribution in [1.29, 1.82) is 0 Å². The molecule has 1 heterocycles. The topological polar surface area (TPSA) is 12.0 Å². The van der Waals surface area contributed by atoms with Gasteiger partial charge in [-0.15, -0.1) is 0 Å². The van der Waals surface area contributed by atoms with E-state index in [0.717, 1.165) is 23.7 Å². The smallest absolute Gasteiger partial charge is 0.0374 e. The number of hydrogen-bond donors (Lipinski definition) is 1. The summed E-state index contributed by atoms with van der Waals surface area (Å²) in [6.07, 6.45) is 13.7. The molecule has 1 saturated carbocycles. The number of fused-ring (bicyclic) bond motifs is 2. The van der Waals surface area contributed by atoms with Gasteiger partial charge in [0.15, 0.2) is 0 Å². The van der Waals surface area contributed by atoms with Gasteiger partial charge in [-0.2, -0.15) is 0 Å². The highest BCUT2D eigenvalue weighted by Gasteiger charge is 2.22. The number of aryl methyl sites for hydroxylation is 1. The second-order valence-corrected chi connectivity index (χ2v) is 11.2. The van der Waals surface area contributed by atoms with Crippen molar-refractivity contribution in [2.24, 2.45) is 23.7 Å². The van der Waals surface area contributed by atoms with E-state index in [9.17, 15) is 0 Å². The summed E-state index contributed by atoms with van der Waals surface area (Å²) in [7, 11) is 0. The minimum absolute atomic E-state index is 0. The number of rotatable bonds is 3. The fourth-order valence-corrected chi connectivity index (χ4v) is 5.89. The van der Waals surface area contributed by atoms with Gasteiger partial charge in [0.25, 0.3) is 0 Å². The SMILES string of the molecule is C.CC1Cc2ccccc2C1.CCC1CCCC(C(C)C)C1.CCC1CCc2ccccc2N1. The number of nitrogens with one attached hydrogen (secondary N) is 1. The highest BCUT2D eigenvalue weighted by Crippen LogP contribution is 2.34. The maximum Gasteiger partial charge on any atom is 0.0374 e. The summed E-state index contributed by atoms with van der Waals surface area (Å²) in [4.78, 5) is 0. The molecule has 2 aliphatic carbocycles. The van der Waals surface area contributed by atoms with Crippen LogP contribution in [0.1, 0.15) is 104 Å². The molecule has 0 saturated heterocycles. The largest absolute Gasteiger partial charge is 0.382 e. The van der Waals surface area contributed by atoms with Gasteiger partial charge in [0.2, 0.25) is 0 Å². The first kappa shape index (κ1) is 28.5. The zero-order valence-electron chi connectivity index (χ0n) is 22.1. The highest BCUT2D eigenvalue weighted by atomic mass is 14.9. The van der Waals surface area contributed by atoms with Crippen LogP contribution in [-0.2, 0) is 19.3 Å². The van der Waals surface area contributed by atoms with Crippen LogP contribution in [0.3, 0.4) is 0 Å². The molecule has 5 rings (SSSR count). The molecule has 3 atom stereocenters. The van der Waals surface area contributed by atoms with Crippen molar-refractivity contribution in [2.45, 2.75) is 112 Å². The first-order valence-electron chi connectivity index (χ1n) is 13.9. The van der Waals surface area contributed by atoms with Crippen LogP contribution in [0.4, 0.5) is 5.69 Å². The molecule has 2 aromatic rings. The lowest BCUT2D eigenvalue weighted by molar-refractivity contribution is 0.211. The quantitative estimate of drug-likeness (QED) is 0.477. The van der Waals surface area contributed by atoms with Crippen molar-refractivity contribution >= 4 is 5.69 Å². The molecule has 34 heavy (non-hydrogen) atoms. The van der Waals surface area contributed by atoms with Gasteiger partial charge < -0.3 is 5.32 Å². The molecule has 1 fully saturated rings. The lowest BCUT2D eigenvalue weighted by Gasteiger charge is -2.30. The fourth-order valence-electron chi connectivity index (χ4n) is 5.89. The Morgan fingerprint density at radius 2 is 1.44 bits per heavy atom. The van der Waals surface area contributed by atoms with Crippen molar-refractivity contribution in [1.82, 2.24) is 0 Å². The molecule has 3 aliphatic rings. The molecule has 0 bridgehead atoms. The maximum atomic E-state index is 3.55. The summed E-state index contributed by atoms with van der Waals surface area (Å²) < 4.78 is 0. The van der Waals surface area contributed by atoms with Gasteiger partial charge in [-0.25, -0.2) is 0 Å². The van der Waals surface area contributed by atoms with E-state index >= 15 is 0 Å². The molecule has 0 aromatic heterocycles. The van der Waals surface area contributed by atoms with Gasteiger partial charge in [0.05, 0.1) is 0 Å². The lowest BCUT2D eigenvalue weighted by atomic mass is 9.75. The van der Waals surface area contributed by atoms with E-state index in [1.165, 1.54) is 75.5 Å². The number of hydrogen-bond acceptors (Lipinski definition) is 1. The summed E-state index contributed by atoms with van der Waals surface area (Å²) in [5.41, 5.74) is 5.95. The Hall–Kier alpha value is -1.76. The molecular weight excluding hydrogens is 410 g/mol. The van der Waals surface area contributed by atoms with Gasteiger partial charge in [-0.1, -0.05) is 110 Å². The number of para-hydroxylation sites is 1. The first-order chi connectivity index (χ1) is 16.0. The van der Waals surface area contributed by atoms with Gasteiger partial charge in [-0.3, -0.25) is 0 Å². The Balaban J connectivity index is 0.000000178. The predicted octanol–water partition coefficient (Wildman–Crippen LogP) is 9.74. The Kier molecular flexibility index (Phi) is 12.2. The first-order valence-corrected chi connectivity index (χ1v) is 13.9. The molecule has 0 spiro atoms. The van der Waals surface area contributed by atoms with Crippen LogP contribution in [0, 0.1) is 23.7 Å². The molecule has 0 amide bonds. The monoisotopic (exact) mass is 463 g/mol. The average molecular weight is 464 g/mol. The maximum absolute atomic E-state index is 3.55. The van der Waals surface area contributed by atoms with E-state index in [1.54, 1.807) is 11.1 Å². The van der Waals surface area contributed by atoms with E-state index in [0.29, 0.717) is 6.04 Å². The minimum Gasteiger partial charge on any atom is -0.382 e. The van der Waals surface area contributed by atoms with Gasteiger partial charge in [-0.05, 0) is 85.0 Å². The third-order valence-corrected chi connectivity index (χ3v) is 8.23. The Morgan fingerprint density at radius 3 is 2.03 bits per heavy atom. The van der Waals surface area contributed by atoms with Gasteiger partial charge >= 0.3 is 0 Å². The Bertz CT molecular complexity index is 798. The highest BCUT2D eigenvalue weighted by molar-refractivity contribution is 5.53. The van der Waals surface area contributed by atoms with Crippen LogP contribution in [0.25, 0.3) is 0 Å². The van der Waals surface area contributed by atoms with Crippen LogP contribution in [0.15, 0.2) is 48.5 Å². The van der Waals surface area contributed by atoms with Crippen molar-refractivity contribution in [3.63, 3.8) is 0 Å². The molecule has 1 aliphatic heterocycles. The fraction of sp³-hybridized carbons (Fsp3) is 0.636. The van der Waals surface area contributed by atoms with Gasteiger partial charge in [0.1, 0.15) is 0 Å². The summed E-state index contributed by atoms with van der Waals surface area (Å²) in [5.74, 6) is 3.88. The number of anilines is 1. The van der Waals surface area contributed by atoms with E-state index in [4.69, 9.17) is 0 Å². The van der Waals surface area contributed by atoms with Crippen molar-refractivity contribution in [3.05, 3.63) is 65.2 Å². The van der Waals surface area contributed by atoms with Gasteiger partial charge in [0, 0.05) is 11.7 Å². The Labute approximate surface area is 212 Å². The molecular formula is C33H53N. The molecule has 1 N–H and O–H groups in total. The lowest BCUT2D eigenvalue weighted by Crippen LogP contribution is -2.24. The zero-order valence-corrected chi connectivity index (χ0v) is 22.1. The minimum atomic E-state index is 0. The van der Waals surface area contributed by atoms with Crippen LogP contribution in [0.5, 0.6) is 0 Å². The molecule has 1 heteroatoms. The number of benzene rings is 2. The zero-order chi connectivity index (χ0) is 23.6. The van der Waals surface area contributed by atoms with E-state index in [1.807, 2.05) is 0 Å². The summed E-state index contributed by atoms with van der Waals surface area (Å²) in [6, 6.07) is 18.1. The van der Waals surface area contributed by atoms with Crippen LogP contribution >= 0.6 is 0 Å². The average Bonchev–Trinajstić information content (AvgIpc) is 3.24. The molecule has 2 aromatic carbocycles. The van der Waals surface area contributed by atoms with Crippen molar-refractivity contribution < 1.29 is 0 Å². The van der Waals surface area contributed by atoms with Crippen LogP contribution < -0.4 is 5.32 Å². The third-order valence-electron chi connectivity index (χ3n) is 8.23. The molecule has 1 nitrogen and oxygen atoms in total. The predicted molar refractivity (Wildman–Crippen MR) is 153 cm³/mol. The molecule has 3 unspecified atom stereocenters. The van der Waals surface area contributed by atoms with Crippen LogP contribution in [-0.4, -0.2) is 6.04 Å². The van der Waals surface area contributed by atoms with E-state index < -0.39 is 0 Å². The van der Waals surface area contributed by atoms with E-state index in [2.05, 4.69) is 88.5 Å². The standard InChI is InChI=1S/C11H15N.C11H22.C10H12.CH4/c1-2-10-8-7-9-5-3-4-6-11(9)12-10;1-4-10-6-5-7-11(8-10)9(2)3;1-8-6-9-4-2-3-5-10(9)7-8;/h3-6,10,12H,2,7-8H2,1H3;9-11H,4-8H2,1-3H3;2-5,8H,6-7H2,1H3;1H4. The summed E-state index contributed by atoms with van der Waals surface area (Å²) in [5, 5.41) is 3.55. The molecule has 190 valence electrons. The third kappa shape index (κ3) is 8.47. The van der Waals surface area contributed by atoms with Crippen LogP contribution in [0.2, 0.25) is 0 Å².